The topological polar surface area (TPSA) is 68.4 Å². The Labute approximate surface area is 182 Å². The number of hydrazine groups is 1. The molecule has 2 saturated heterocycles. The third-order valence-electron chi connectivity index (χ3n) is 5.91. The molecule has 0 spiro atoms. The van der Waals surface area contributed by atoms with E-state index in [9.17, 15) is 27.2 Å². The minimum atomic E-state index is -3.19. The smallest absolute Gasteiger partial charge is 0.414 e. The highest BCUT2D eigenvalue weighted by atomic mass is 19.3. The number of nitrogens with zero attached hydrogens (tertiary/aromatic N) is 4. The van der Waals surface area contributed by atoms with Gasteiger partial charge >= 0.3 is 12.5 Å². The quantitative estimate of drug-likeness (QED) is 0.655. The van der Waals surface area contributed by atoms with E-state index in [2.05, 4.69) is 10.0 Å². The summed E-state index contributed by atoms with van der Waals surface area (Å²) in [6.07, 6.45) is -2.72. The van der Waals surface area contributed by atoms with E-state index in [-0.39, 0.29) is 24.5 Å². The Morgan fingerprint density at radius 1 is 1.16 bits per heavy atom. The highest BCUT2D eigenvalue weighted by molar-refractivity contribution is 5.90. The maximum atomic E-state index is 15.0. The number of nitrogens with one attached hydrogen (secondary N) is 1. The van der Waals surface area contributed by atoms with E-state index in [0.717, 1.165) is 29.9 Å². The Kier molecular flexibility index (Phi) is 6.42. The van der Waals surface area contributed by atoms with Crippen molar-refractivity contribution in [2.24, 2.45) is 0 Å². The molecule has 1 aliphatic carbocycles. The fraction of sp³-hybridized carbons (Fsp3) is 0.600. The number of amides is 2. The molecular weight excluding hydrogens is 434 g/mol. The molecule has 0 radical (unpaired) electrons. The van der Waals surface area contributed by atoms with E-state index in [1.165, 1.54) is 0 Å². The van der Waals surface area contributed by atoms with Crippen molar-refractivity contribution in [1.82, 2.24) is 15.3 Å². The summed E-state index contributed by atoms with van der Waals surface area (Å²) < 4.78 is 59.6. The van der Waals surface area contributed by atoms with E-state index in [1.54, 1.807) is 4.90 Å². The standard InChI is InChI=1S/C20H25F4N5O3/c1-26-4-5-27(6-7-29(26)12-2-3-12)17-15(21)8-13(9-16(17)22)28-11-14(32-20(28)31)10-25-19(30)18(23)24/h8-9,12,14,18H,2-7,10-11H2,1H3,(H,25,30)/t14-/m0/s1. The van der Waals surface area contributed by atoms with Gasteiger partial charge < -0.3 is 15.0 Å². The number of benzene rings is 1. The molecule has 2 amide bonds. The molecule has 8 nitrogen and oxygen atoms in total. The molecule has 2 aliphatic heterocycles. The van der Waals surface area contributed by atoms with Crippen LogP contribution in [0.25, 0.3) is 0 Å². The van der Waals surface area contributed by atoms with Crippen LogP contribution in [0.5, 0.6) is 0 Å². The minimum absolute atomic E-state index is 0.0389. The zero-order chi connectivity index (χ0) is 23.0. The number of rotatable bonds is 6. The molecule has 0 aromatic heterocycles. The van der Waals surface area contributed by atoms with E-state index < -0.39 is 36.2 Å². The summed E-state index contributed by atoms with van der Waals surface area (Å²) in [5.41, 5.74) is -0.184. The molecule has 1 atom stereocenters. The van der Waals surface area contributed by atoms with Gasteiger partial charge in [0.25, 0.3) is 5.91 Å². The van der Waals surface area contributed by atoms with Crippen molar-refractivity contribution >= 4 is 23.4 Å². The average Bonchev–Trinajstić information content (AvgIpc) is 3.52. The molecule has 1 aromatic rings. The molecule has 12 heteroatoms. The van der Waals surface area contributed by atoms with Gasteiger partial charge in [0.05, 0.1) is 18.8 Å². The number of hydrogen-bond donors (Lipinski definition) is 1. The maximum Gasteiger partial charge on any atom is 0.414 e. The van der Waals surface area contributed by atoms with Crippen molar-refractivity contribution in [3.8, 4) is 0 Å². The second-order valence-electron chi connectivity index (χ2n) is 8.18. The van der Waals surface area contributed by atoms with Gasteiger partial charge in [-0.05, 0) is 12.8 Å². The van der Waals surface area contributed by atoms with Crippen LogP contribution in [-0.2, 0) is 9.53 Å². The summed E-state index contributed by atoms with van der Waals surface area (Å²) in [4.78, 5) is 25.8. The van der Waals surface area contributed by atoms with Gasteiger partial charge in [-0.3, -0.25) is 9.69 Å². The summed E-state index contributed by atoms with van der Waals surface area (Å²) in [6.45, 7) is 1.74. The Bertz CT molecular complexity index is 862. The Morgan fingerprint density at radius 3 is 2.44 bits per heavy atom. The normalized spacial score (nSPS) is 22.9. The summed E-state index contributed by atoms with van der Waals surface area (Å²) in [6, 6.07) is 2.62. The Morgan fingerprint density at radius 2 is 1.81 bits per heavy atom. The fourth-order valence-electron chi connectivity index (χ4n) is 4.10. The molecule has 32 heavy (non-hydrogen) atoms. The first kappa shape index (κ1) is 22.6. The summed E-state index contributed by atoms with van der Waals surface area (Å²) in [7, 11) is 1.97. The van der Waals surface area contributed by atoms with Crippen molar-refractivity contribution in [2.45, 2.75) is 31.4 Å². The van der Waals surface area contributed by atoms with Gasteiger partial charge in [-0.25, -0.2) is 23.6 Å². The van der Waals surface area contributed by atoms with Crippen molar-refractivity contribution in [1.29, 1.82) is 0 Å². The third kappa shape index (κ3) is 4.75. The molecule has 0 unspecified atom stereocenters. The van der Waals surface area contributed by atoms with Gasteiger partial charge in [-0.15, -0.1) is 0 Å². The number of likely N-dealkylation sites (N-methyl/N-ethyl adjacent to an activating group) is 1. The summed E-state index contributed by atoms with van der Waals surface area (Å²) >= 11 is 0. The summed E-state index contributed by atoms with van der Waals surface area (Å²) in [5, 5.41) is 6.29. The lowest BCUT2D eigenvalue weighted by molar-refractivity contribution is -0.132. The number of alkyl halides is 2. The molecule has 1 N–H and O–H groups in total. The maximum absolute atomic E-state index is 15.0. The van der Waals surface area contributed by atoms with E-state index in [0.29, 0.717) is 32.2 Å². The van der Waals surface area contributed by atoms with Crippen LogP contribution in [0.4, 0.5) is 33.7 Å². The number of halogens is 4. The summed E-state index contributed by atoms with van der Waals surface area (Å²) in [5.74, 6) is -3.08. The highest BCUT2D eigenvalue weighted by Gasteiger charge is 2.36. The largest absolute Gasteiger partial charge is 0.442 e. The van der Waals surface area contributed by atoms with Gasteiger partial charge in [0.2, 0.25) is 0 Å². The molecule has 0 bridgehead atoms. The molecular formula is C20H25F4N5O3. The van der Waals surface area contributed by atoms with Crippen molar-refractivity contribution in [2.75, 3.05) is 56.1 Å². The lowest BCUT2D eigenvalue weighted by atomic mass is 10.2. The first-order chi connectivity index (χ1) is 15.2. The average molecular weight is 459 g/mol. The van der Waals surface area contributed by atoms with Gasteiger partial charge in [0.1, 0.15) is 11.8 Å². The number of anilines is 2. The fourth-order valence-corrected chi connectivity index (χ4v) is 4.10. The predicted octanol–water partition coefficient (Wildman–Crippen LogP) is 1.80. The van der Waals surface area contributed by atoms with Gasteiger partial charge in [0, 0.05) is 51.4 Å². The Balaban J connectivity index is 1.44. The first-order valence-electron chi connectivity index (χ1n) is 10.5. The van der Waals surface area contributed by atoms with Crippen LogP contribution in [0.3, 0.4) is 0 Å². The van der Waals surface area contributed by atoms with Crippen LogP contribution < -0.4 is 15.1 Å². The van der Waals surface area contributed by atoms with Gasteiger partial charge in [-0.2, -0.15) is 8.78 Å². The molecule has 2 heterocycles. The van der Waals surface area contributed by atoms with Crippen LogP contribution in [0.1, 0.15) is 12.8 Å². The van der Waals surface area contributed by atoms with Crippen LogP contribution >= 0.6 is 0 Å². The highest BCUT2D eigenvalue weighted by Crippen LogP contribution is 2.33. The number of carbonyl (C=O) groups is 2. The van der Waals surface area contributed by atoms with Gasteiger partial charge in [-0.1, -0.05) is 0 Å². The van der Waals surface area contributed by atoms with Crippen LogP contribution in [0.2, 0.25) is 0 Å². The third-order valence-corrected chi connectivity index (χ3v) is 5.91. The Hall–Kier alpha value is -2.60. The number of ether oxygens (including phenoxy) is 1. The first-order valence-corrected chi connectivity index (χ1v) is 10.5. The van der Waals surface area contributed by atoms with Crippen molar-refractivity contribution in [3.05, 3.63) is 23.8 Å². The van der Waals surface area contributed by atoms with Crippen LogP contribution in [-0.4, -0.2) is 86.9 Å². The van der Waals surface area contributed by atoms with Crippen LogP contribution in [0.15, 0.2) is 12.1 Å². The van der Waals surface area contributed by atoms with Crippen molar-refractivity contribution in [3.63, 3.8) is 0 Å². The predicted molar refractivity (Wildman–Crippen MR) is 108 cm³/mol. The van der Waals surface area contributed by atoms with E-state index in [4.69, 9.17) is 4.74 Å². The van der Waals surface area contributed by atoms with E-state index >= 15 is 0 Å². The molecule has 176 valence electrons. The molecule has 3 aliphatic rings. The number of hydrogen-bond acceptors (Lipinski definition) is 6. The lowest BCUT2D eigenvalue weighted by Crippen LogP contribution is -2.42. The van der Waals surface area contributed by atoms with E-state index in [1.807, 2.05) is 12.4 Å². The lowest BCUT2D eigenvalue weighted by Gasteiger charge is -2.29. The molecule has 1 saturated carbocycles. The molecule has 3 fully saturated rings. The monoisotopic (exact) mass is 459 g/mol. The zero-order valence-corrected chi connectivity index (χ0v) is 17.6. The SMILES string of the molecule is CN1CCN(c2c(F)cc(N3C[C@H](CNC(=O)C(F)F)OC3=O)cc2F)CCN1C1CC1. The zero-order valence-electron chi connectivity index (χ0n) is 17.6. The van der Waals surface area contributed by atoms with Crippen LogP contribution in [0, 0.1) is 11.6 Å². The number of carbonyl (C=O) groups excluding carboxylic acids is 2. The van der Waals surface area contributed by atoms with Crippen molar-refractivity contribution < 1.29 is 31.9 Å². The second kappa shape index (κ2) is 9.10. The molecule has 1 aromatic carbocycles. The van der Waals surface area contributed by atoms with Gasteiger partial charge in [0.15, 0.2) is 11.6 Å². The number of cyclic esters (lactones) is 1. The second-order valence-corrected chi connectivity index (χ2v) is 8.18. The minimum Gasteiger partial charge on any atom is -0.442 e. The molecule has 4 rings (SSSR count).